The predicted octanol–water partition coefficient (Wildman–Crippen LogP) is 1.95. The molecule has 2 fully saturated rings. The first-order valence-corrected chi connectivity index (χ1v) is 11.8. The van der Waals surface area contributed by atoms with Crippen molar-refractivity contribution in [3.05, 3.63) is 28.0 Å². The number of hydrogen-bond acceptors (Lipinski definition) is 6. The lowest BCUT2D eigenvalue weighted by Gasteiger charge is -2.23. The monoisotopic (exact) mass is 509 g/mol. The normalized spacial score (nSPS) is 19.4. The number of fused-ring (bicyclic) bond motifs is 1. The van der Waals surface area contributed by atoms with E-state index in [1.165, 1.54) is 13.2 Å². The van der Waals surface area contributed by atoms with Gasteiger partial charge in [0.25, 0.3) is 5.91 Å². The second-order valence-corrected chi connectivity index (χ2v) is 9.51. The molecule has 34 heavy (non-hydrogen) atoms. The van der Waals surface area contributed by atoms with Crippen molar-refractivity contribution in [2.75, 3.05) is 13.7 Å². The number of hydrogen-bond donors (Lipinski definition) is 4. The number of aromatic amines is 1. The minimum absolute atomic E-state index is 0.0140. The molecule has 0 bridgehead atoms. The molecule has 10 nitrogen and oxygen atoms in total. The topological polar surface area (TPSA) is 142 Å². The van der Waals surface area contributed by atoms with Crippen LogP contribution in [0.2, 0.25) is 10.0 Å². The van der Waals surface area contributed by atoms with Crippen LogP contribution in [0.25, 0.3) is 11.0 Å². The van der Waals surface area contributed by atoms with Gasteiger partial charge in [0.15, 0.2) is 5.82 Å². The lowest BCUT2D eigenvalue weighted by atomic mass is 9.98. The Morgan fingerprint density at radius 1 is 1.15 bits per heavy atom. The maximum absolute atomic E-state index is 13.1. The number of H-pyrrole nitrogens is 1. The molecule has 2 aliphatic rings. The number of ether oxygens (including phenoxy) is 1. The smallest absolute Gasteiger partial charge is 0.328 e. The summed E-state index contributed by atoms with van der Waals surface area (Å²) in [6.45, 7) is 0.526. The number of rotatable bonds is 9. The summed E-state index contributed by atoms with van der Waals surface area (Å²) in [4.78, 5) is 57.4. The van der Waals surface area contributed by atoms with Crippen LogP contribution in [0.1, 0.15) is 42.7 Å². The van der Waals surface area contributed by atoms with Crippen LogP contribution in [0, 0.1) is 11.8 Å². The van der Waals surface area contributed by atoms with Crippen molar-refractivity contribution in [2.24, 2.45) is 11.8 Å². The molecule has 12 heteroatoms. The number of esters is 1. The Bertz CT molecular complexity index is 1130. The zero-order valence-electron chi connectivity index (χ0n) is 18.5. The summed E-state index contributed by atoms with van der Waals surface area (Å²) in [5.41, 5.74) is 0.881. The number of imidazole rings is 1. The highest BCUT2D eigenvalue weighted by molar-refractivity contribution is 6.38. The average Bonchev–Trinajstić information content (AvgIpc) is 3.36. The largest absolute Gasteiger partial charge is 0.467 e. The molecule has 0 spiro atoms. The van der Waals surface area contributed by atoms with Gasteiger partial charge in [0.2, 0.25) is 11.8 Å². The summed E-state index contributed by atoms with van der Waals surface area (Å²) in [5, 5.41) is 8.79. The zero-order valence-corrected chi connectivity index (χ0v) is 20.0. The Labute approximate surface area is 205 Å². The maximum Gasteiger partial charge on any atom is 0.328 e. The Balaban J connectivity index is 1.48. The molecule has 1 aliphatic heterocycles. The van der Waals surface area contributed by atoms with Crippen LogP contribution in [0.5, 0.6) is 0 Å². The van der Waals surface area contributed by atoms with E-state index in [2.05, 4.69) is 25.9 Å². The van der Waals surface area contributed by atoms with Gasteiger partial charge in [0, 0.05) is 17.5 Å². The van der Waals surface area contributed by atoms with Crippen molar-refractivity contribution in [3.63, 3.8) is 0 Å². The number of nitrogens with zero attached hydrogens (tertiary/aromatic N) is 1. The maximum atomic E-state index is 13.1. The van der Waals surface area contributed by atoms with Crippen LogP contribution in [0.3, 0.4) is 0 Å². The van der Waals surface area contributed by atoms with E-state index in [1.807, 2.05) is 0 Å². The van der Waals surface area contributed by atoms with E-state index < -0.39 is 35.8 Å². The van der Waals surface area contributed by atoms with Gasteiger partial charge in [0.1, 0.15) is 17.6 Å². The van der Waals surface area contributed by atoms with E-state index in [0.717, 1.165) is 12.8 Å². The van der Waals surface area contributed by atoms with Crippen LogP contribution >= 0.6 is 23.2 Å². The van der Waals surface area contributed by atoms with E-state index in [0.29, 0.717) is 46.4 Å². The highest BCUT2D eigenvalue weighted by Gasteiger charge is 2.36. The van der Waals surface area contributed by atoms with Gasteiger partial charge in [-0.05, 0) is 37.3 Å². The van der Waals surface area contributed by atoms with Crippen LogP contribution in [-0.2, 0) is 19.1 Å². The molecule has 1 aromatic heterocycles. The third-order valence-electron chi connectivity index (χ3n) is 6.09. The minimum atomic E-state index is -1.00. The Morgan fingerprint density at radius 3 is 2.56 bits per heavy atom. The van der Waals surface area contributed by atoms with E-state index in [9.17, 15) is 19.2 Å². The van der Waals surface area contributed by atoms with Crippen LogP contribution in [0.4, 0.5) is 0 Å². The highest BCUT2D eigenvalue weighted by Crippen LogP contribution is 2.34. The van der Waals surface area contributed by atoms with Gasteiger partial charge in [0.05, 0.1) is 17.6 Å². The molecule has 1 saturated carbocycles. The molecule has 4 N–H and O–H groups in total. The first kappa shape index (κ1) is 24.3. The third-order valence-corrected chi connectivity index (χ3v) is 6.60. The first-order chi connectivity index (χ1) is 16.2. The van der Waals surface area contributed by atoms with E-state index in [1.54, 1.807) is 6.07 Å². The van der Waals surface area contributed by atoms with Gasteiger partial charge in [-0.1, -0.05) is 36.0 Å². The summed E-state index contributed by atoms with van der Waals surface area (Å²) in [7, 11) is 1.22. The van der Waals surface area contributed by atoms with E-state index in [-0.39, 0.29) is 18.2 Å². The van der Waals surface area contributed by atoms with E-state index in [4.69, 9.17) is 27.9 Å². The molecule has 3 amide bonds. The van der Waals surface area contributed by atoms with Gasteiger partial charge < -0.3 is 25.7 Å². The number of carbonyl (C=O) groups excluding carboxylic acids is 4. The number of nitrogens with one attached hydrogen (secondary N) is 4. The van der Waals surface area contributed by atoms with Gasteiger partial charge in [-0.15, -0.1) is 0 Å². The fourth-order valence-electron chi connectivity index (χ4n) is 4.08. The third kappa shape index (κ3) is 5.61. The highest BCUT2D eigenvalue weighted by atomic mass is 35.5. The van der Waals surface area contributed by atoms with Gasteiger partial charge in [-0.3, -0.25) is 14.4 Å². The summed E-state index contributed by atoms with van der Waals surface area (Å²) in [6, 6.07) is 1.23. The molecule has 1 aliphatic carbocycles. The Morgan fingerprint density at radius 2 is 1.91 bits per heavy atom. The number of aromatic nitrogens is 2. The lowest BCUT2D eigenvalue weighted by Crippen LogP contribution is -2.52. The van der Waals surface area contributed by atoms with Crippen molar-refractivity contribution < 1.29 is 23.9 Å². The number of amides is 3. The van der Waals surface area contributed by atoms with Crippen molar-refractivity contribution in [2.45, 2.75) is 44.2 Å². The number of benzene rings is 1. The second kappa shape index (κ2) is 10.2. The Hall–Kier alpha value is -2.85. The summed E-state index contributed by atoms with van der Waals surface area (Å²) in [5.74, 6) is -2.02. The number of methoxy groups -OCH3 is 1. The van der Waals surface area contributed by atoms with Crippen LogP contribution in [0.15, 0.2) is 12.1 Å². The molecular formula is C22H25Cl2N5O5. The Kier molecular flexibility index (Phi) is 7.27. The number of carbonyl (C=O) groups is 4. The molecule has 3 atom stereocenters. The quantitative estimate of drug-likeness (QED) is 0.380. The molecule has 182 valence electrons. The zero-order chi connectivity index (χ0) is 24.4. The van der Waals surface area contributed by atoms with Gasteiger partial charge >= 0.3 is 5.97 Å². The van der Waals surface area contributed by atoms with E-state index >= 15 is 0 Å². The van der Waals surface area contributed by atoms with Crippen molar-refractivity contribution in [3.8, 4) is 0 Å². The SMILES string of the molecule is COC(=O)[C@H](C[C@@H]1CCNC1=O)NC(=O)[C@H](CC1CC1)NC(=O)c1nc2c(Cl)cc(Cl)cc2[nH]1. The fourth-order valence-corrected chi connectivity index (χ4v) is 4.61. The molecule has 1 saturated heterocycles. The molecule has 4 rings (SSSR count). The lowest BCUT2D eigenvalue weighted by molar-refractivity contribution is -0.146. The fraction of sp³-hybridized carbons (Fsp3) is 0.500. The summed E-state index contributed by atoms with van der Waals surface area (Å²) in [6.07, 6.45) is 3.03. The standard InChI is InChI=1S/C22H25Cl2N5O5/c1-34-22(33)16(7-11-4-5-25-19(11)30)28-20(31)15(6-10-2-3-10)27-21(32)18-26-14-9-12(23)8-13(24)17(14)29-18/h8-11,15-16H,2-7H2,1H3,(H,25,30)(H,26,29)(H,27,32)(H,28,31)/t11-,15-,16-/m0/s1. The summed E-state index contributed by atoms with van der Waals surface area (Å²) < 4.78 is 4.83. The van der Waals surface area contributed by atoms with Crippen LogP contribution < -0.4 is 16.0 Å². The van der Waals surface area contributed by atoms with Crippen LogP contribution in [-0.4, -0.2) is 59.4 Å². The average molecular weight is 510 g/mol. The second-order valence-electron chi connectivity index (χ2n) is 8.67. The molecule has 0 radical (unpaired) electrons. The predicted molar refractivity (Wildman–Crippen MR) is 124 cm³/mol. The number of halogens is 2. The van der Waals surface area contributed by atoms with Crippen molar-refractivity contribution in [1.29, 1.82) is 0 Å². The molecule has 1 aromatic carbocycles. The van der Waals surface area contributed by atoms with Gasteiger partial charge in [-0.25, -0.2) is 9.78 Å². The summed E-state index contributed by atoms with van der Waals surface area (Å²) >= 11 is 12.2. The molecule has 2 aromatic rings. The van der Waals surface area contributed by atoms with Gasteiger partial charge in [-0.2, -0.15) is 0 Å². The molecular weight excluding hydrogens is 485 g/mol. The molecule has 0 unspecified atom stereocenters. The molecule has 2 heterocycles. The van der Waals surface area contributed by atoms with Crippen molar-refractivity contribution in [1.82, 2.24) is 25.9 Å². The van der Waals surface area contributed by atoms with Crippen molar-refractivity contribution >= 4 is 57.9 Å². The minimum Gasteiger partial charge on any atom is -0.467 e. The first-order valence-electron chi connectivity index (χ1n) is 11.1.